The van der Waals surface area contributed by atoms with E-state index in [1.165, 1.54) is 0 Å². The normalized spacial score (nSPS) is 25.7. The van der Waals surface area contributed by atoms with Crippen molar-refractivity contribution in [3.8, 4) is 5.75 Å². The van der Waals surface area contributed by atoms with Crippen LogP contribution in [0.4, 0.5) is 17.1 Å². The van der Waals surface area contributed by atoms with E-state index in [4.69, 9.17) is 22.9 Å². The fourth-order valence-electron chi connectivity index (χ4n) is 10.0. The molecule has 0 bridgehead atoms. The number of imide groups is 2. The summed E-state index contributed by atoms with van der Waals surface area (Å²) in [5.41, 5.74) is 4.11. The number of benzene rings is 3. The first kappa shape index (κ1) is 38.1. The zero-order chi connectivity index (χ0) is 40.3. The van der Waals surface area contributed by atoms with Gasteiger partial charge in [0, 0.05) is 99.1 Å². The third-order valence-electron chi connectivity index (χ3n) is 13.7. The number of hydrogen-bond donors (Lipinski definition) is 1. The molecule has 5 aliphatic heterocycles. The number of carbonyl (C=O) groups excluding carboxylic acids is 5. The summed E-state index contributed by atoms with van der Waals surface area (Å²) < 4.78 is 6.21. The van der Waals surface area contributed by atoms with E-state index < -0.39 is 29.7 Å². The molecule has 2 atom stereocenters. The molecule has 3 aromatic rings. The molecule has 2 unspecified atom stereocenters. The third kappa shape index (κ3) is 6.75. The lowest BCUT2D eigenvalue weighted by Gasteiger charge is -2.46. The first-order valence-electron chi connectivity index (χ1n) is 20.4. The van der Waals surface area contributed by atoms with Crippen LogP contribution in [-0.4, -0.2) is 114 Å². The predicted molar refractivity (Wildman–Crippen MR) is 217 cm³/mol. The van der Waals surface area contributed by atoms with Crippen LogP contribution in [0.1, 0.15) is 82.9 Å². The summed E-state index contributed by atoms with van der Waals surface area (Å²) in [4.78, 5) is 77.5. The molecule has 300 valence electrons. The first-order chi connectivity index (χ1) is 28.0. The topological polar surface area (TPSA) is 127 Å². The summed E-state index contributed by atoms with van der Waals surface area (Å²) in [5, 5.41) is 2.73. The quantitative estimate of drug-likeness (QED) is 0.242. The van der Waals surface area contributed by atoms with E-state index in [-0.39, 0.29) is 41.4 Å². The van der Waals surface area contributed by atoms with E-state index in [9.17, 15) is 24.0 Å². The van der Waals surface area contributed by atoms with Gasteiger partial charge in [-0.25, -0.2) is 4.85 Å². The standard InChI is InChI=1S/C44H46ClN7O6/c1-27-44(15-18-51(27)30-7-10-37(46-2)36(45)25-30)13-16-48(17-14-44)29-5-3-28(4-6-29)41(55)50-21-19-49(20-22-50)31-23-33(24-31)58-32-8-9-34-35(26-32)43(57)52(42(34)56)38-11-12-39(53)47-40(38)54/h3-10,25-27,31,33,38H,11-24H2,1H3,(H,47,53,54). The van der Waals surface area contributed by atoms with Gasteiger partial charge in [-0.15, -0.1) is 0 Å². The molecule has 3 aromatic carbocycles. The lowest BCUT2D eigenvalue weighted by atomic mass is 9.73. The van der Waals surface area contributed by atoms with Gasteiger partial charge in [0.1, 0.15) is 17.9 Å². The smallest absolute Gasteiger partial charge is 0.262 e. The van der Waals surface area contributed by atoms with E-state index in [0.717, 1.165) is 81.1 Å². The number of carbonyl (C=O) groups is 5. The van der Waals surface area contributed by atoms with Gasteiger partial charge in [-0.2, -0.15) is 0 Å². The molecule has 0 aromatic heterocycles. The van der Waals surface area contributed by atoms with E-state index >= 15 is 0 Å². The molecule has 13 nitrogen and oxygen atoms in total. The minimum absolute atomic E-state index is 0.0317. The second-order valence-electron chi connectivity index (χ2n) is 16.6. The summed E-state index contributed by atoms with van der Waals surface area (Å²) >= 11 is 6.38. The zero-order valence-electron chi connectivity index (χ0n) is 32.5. The van der Waals surface area contributed by atoms with E-state index in [2.05, 4.69) is 43.9 Å². The van der Waals surface area contributed by atoms with Gasteiger partial charge in [0.25, 0.3) is 17.7 Å². The van der Waals surface area contributed by atoms with Crippen LogP contribution in [0, 0.1) is 12.0 Å². The second kappa shape index (κ2) is 15.1. The van der Waals surface area contributed by atoms with E-state index in [1.54, 1.807) is 18.2 Å². The summed E-state index contributed by atoms with van der Waals surface area (Å²) in [5.74, 6) is -1.57. The van der Waals surface area contributed by atoms with Crippen molar-refractivity contribution >= 4 is 58.2 Å². The van der Waals surface area contributed by atoms with Gasteiger partial charge in [-0.1, -0.05) is 17.7 Å². The number of anilines is 2. The maximum Gasteiger partial charge on any atom is 0.262 e. The molecule has 6 aliphatic rings. The molecule has 58 heavy (non-hydrogen) atoms. The molecule has 5 amide bonds. The maximum absolute atomic E-state index is 13.5. The highest BCUT2D eigenvalue weighted by Crippen LogP contribution is 2.48. The molecule has 1 spiro atoms. The van der Waals surface area contributed by atoms with Crippen LogP contribution in [0.15, 0.2) is 60.7 Å². The number of amides is 5. The van der Waals surface area contributed by atoms with Crippen molar-refractivity contribution in [2.24, 2.45) is 5.41 Å². The van der Waals surface area contributed by atoms with Gasteiger partial charge in [0.05, 0.1) is 17.7 Å². The number of nitrogens with zero attached hydrogens (tertiary/aromatic N) is 6. The van der Waals surface area contributed by atoms with Crippen molar-refractivity contribution in [3.63, 3.8) is 0 Å². The van der Waals surface area contributed by atoms with Gasteiger partial charge in [-0.05, 0) is 92.6 Å². The molecule has 9 rings (SSSR count). The molecule has 5 fully saturated rings. The summed E-state index contributed by atoms with van der Waals surface area (Å²) in [7, 11) is 0. The average molecular weight is 804 g/mol. The van der Waals surface area contributed by atoms with Crippen LogP contribution >= 0.6 is 11.6 Å². The van der Waals surface area contributed by atoms with Crippen LogP contribution < -0.4 is 19.9 Å². The van der Waals surface area contributed by atoms with Crippen molar-refractivity contribution < 1.29 is 28.7 Å². The Bertz CT molecular complexity index is 2220. The average Bonchev–Trinajstić information content (AvgIpc) is 3.66. The molecular formula is C44H46ClN7O6. The van der Waals surface area contributed by atoms with Crippen LogP contribution in [0.25, 0.3) is 4.85 Å². The van der Waals surface area contributed by atoms with Crippen molar-refractivity contribution in [1.82, 2.24) is 20.0 Å². The number of fused-ring (bicyclic) bond motifs is 1. The van der Waals surface area contributed by atoms with Gasteiger partial charge in [0.15, 0.2) is 0 Å². The molecule has 14 heteroatoms. The monoisotopic (exact) mass is 803 g/mol. The molecule has 1 aliphatic carbocycles. The number of rotatable bonds is 7. The Hall–Kier alpha value is -5.45. The molecule has 4 saturated heterocycles. The second-order valence-corrected chi connectivity index (χ2v) is 17.0. The number of hydrogen-bond acceptors (Lipinski definition) is 9. The number of nitrogens with one attached hydrogen (secondary N) is 1. The zero-order valence-corrected chi connectivity index (χ0v) is 33.2. The Morgan fingerprint density at radius 1 is 0.845 bits per heavy atom. The number of halogens is 1. The number of piperazine rings is 1. The Kier molecular flexibility index (Phi) is 9.88. The highest BCUT2D eigenvalue weighted by atomic mass is 35.5. The SMILES string of the molecule is [C-]#[N+]c1ccc(N2CCC3(CCN(c4ccc(C(=O)N5CCN(C6CC(Oc7ccc8c(c7)C(=O)N(C7CCC(=O)NC7=O)C8=O)C6)CC5)cc4)CC3)C2C)cc1Cl. The van der Waals surface area contributed by atoms with Crippen LogP contribution in [-0.2, 0) is 9.59 Å². The fraction of sp³-hybridized carbons (Fsp3) is 0.455. The number of ether oxygens (including phenoxy) is 1. The molecule has 0 radical (unpaired) electrons. The minimum Gasteiger partial charge on any atom is -0.490 e. The van der Waals surface area contributed by atoms with E-state index in [1.807, 2.05) is 35.2 Å². The van der Waals surface area contributed by atoms with Crippen molar-refractivity contribution in [1.29, 1.82) is 0 Å². The Morgan fingerprint density at radius 2 is 1.53 bits per heavy atom. The van der Waals surface area contributed by atoms with Crippen LogP contribution in [0.3, 0.4) is 0 Å². The van der Waals surface area contributed by atoms with Gasteiger partial charge < -0.3 is 19.4 Å². The Morgan fingerprint density at radius 3 is 2.22 bits per heavy atom. The Labute approximate surface area is 342 Å². The maximum atomic E-state index is 13.5. The summed E-state index contributed by atoms with van der Waals surface area (Å²) in [6.07, 6.45) is 5.13. The van der Waals surface area contributed by atoms with Crippen molar-refractivity contribution in [2.75, 3.05) is 55.6 Å². The highest BCUT2D eigenvalue weighted by molar-refractivity contribution is 6.33. The van der Waals surface area contributed by atoms with E-state index in [0.29, 0.717) is 47.2 Å². The predicted octanol–water partition coefficient (Wildman–Crippen LogP) is 5.55. The van der Waals surface area contributed by atoms with Crippen LogP contribution in [0.2, 0.25) is 5.02 Å². The van der Waals surface area contributed by atoms with Gasteiger partial charge in [0.2, 0.25) is 17.5 Å². The fourth-order valence-corrected chi connectivity index (χ4v) is 10.2. The molecular weight excluding hydrogens is 758 g/mol. The summed E-state index contributed by atoms with van der Waals surface area (Å²) in [6, 6.07) is 18.4. The molecule has 1 saturated carbocycles. The highest BCUT2D eigenvalue weighted by Gasteiger charge is 2.47. The largest absolute Gasteiger partial charge is 0.490 e. The Balaban J connectivity index is 0.724. The van der Waals surface area contributed by atoms with Gasteiger partial charge in [-0.3, -0.25) is 39.1 Å². The minimum atomic E-state index is -1.00. The van der Waals surface area contributed by atoms with Crippen molar-refractivity contribution in [3.05, 3.63) is 93.8 Å². The molecule has 5 heterocycles. The van der Waals surface area contributed by atoms with Crippen molar-refractivity contribution in [2.45, 2.75) is 76.1 Å². The third-order valence-corrected chi connectivity index (χ3v) is 14.0. The summed E-state index contributed by atoms with van der Waals surface area (Å²) in [6.45, 7) is 15.5. The number of piperidine rings is 2. The lowest BCUT2D eigenvalue weighted by Crippen LogP contribution is -2.57. The first-order valence-corrected chi connectivity index (χ1v) is 20.7. The van der Waals surface area contributed by atoms with Crippen LogP contribution in [0.5, 0.6) is 5.75 Å². The lowest BCUT2D eigenvalue weighted by molar-refractivity contribution is -0.136. The van der Waals surface area contributed by atoms with Gasteiger partial charge >= 0.3 is 0 Å². The molecule has 1 N–H and O–H groups in total.